The van der Waals surface area contributed by atoms with Gasteiger partial charge in [-0.05, 0) is 26.2 Å². The number of hydrogen-bond acceptors (Lipinski definition) is 4. The van der Waals surface area contributed by atoms with Crippen LogP contribution in [0, 0.1) is 5.92 Å². The molecule has 2 atom stereocenters. The maximum atomic E-state index is 12.6. The van der Waals surface area contributed by atoms with E-state index in [0.717, 1.165) is 25.0 Å². The van der Waals surface area contributed by atoms with Crippen LogP contribution in [0.2, 0.25) is 0 Å². The van der Waals surface area contributed by atoms with Gasteiger partial charge in [0, 0.05) is 13.1 Å². The topological polar surface area (TPSA) is 51.1 Å². The minimum Gasteiger partial charge on any atom is -0.378 e. The molecule has 2 unspecified atom stereocenters. The Morgan fingerprint density at radius 3 is 3.00 bits per heavy atom. The molecule has 5 nitrogen and oxygen atoms in total. The van der Waals surface area contributed by atoms with Crippen molar-refractivity contribution in [2.75, 3.05) is 26.3 Å². The summed E-state index contributed by atoms with van der Waals surface area (Å²) in [5.74, 6) is 0.307. The summed E-state index contributed by atoms with van der Waals surface area (Å²) in [5.41, 5.74) is 0.297. The van der Waals surface area contributed by atoms with Gasteiger partial charge in [-0.1, -0.05) is 5.16 Å². The van der Waals surface area contributed by atoms with E-state index < -0.39 is 5.60 Å². The van der Waals surface area contributed by atoms with Crippen LogP contribution in [0.15, 0.2) is 5.16 Å². The van der Waals surface area contributed by atoms with Gasteiger partial charge in [-0.3, -0.25) is 4.79 Å². The maximum absolute atomic E-state index is 12.6. The van der Waals surface area contributed by atoms with E-state index in [1.165, 1.54) is 0 Å². The minimum atomic E-state index is -0.679. The number of nitrogens with zero attached hydrogens (tertiary/aromatic N) is 2. The lowest BCUT2D eigenvalue weighted by Gasteiger charge is -2.34. The van der Waals surface area contributed by atoms with Crippen LogP contribution in [-0.4, -0.2) is 48.4 Å². The first-order chi connectivity index (χ1) is 8.24. The lowest BCUT2D eigenvalue weighted by atomic mass is 9.87. The van der Waals surface area contributed by atoms with Crippen molar-refractivity contribution in [3.05, 3.63) is 0 Å². The second-order valence-electron chi connectivity index (χ2n) is 5.06. The number of carbonyl (C=O) groups is 1. The van der Waals surface area contributed by atoms with Gasteiger partial charge in [-0.15, -0.1) is 0 Å². The standard InChI is InChI=1S/C12H18N2O3/c1-9-10-3-2-4-12(10,17-13-9)11(15)14-5-7-16-8-6-14/h10H,2-8H2,1H3. The van der Waals surface area contributed by atoms with E-state index in [1.54, 1.807) is 0 Å². The Labute approximate surface area is 101 Å². The van der Waals surface area contributed by atoms with Crippen molar-refractivity contribution in [3.63, 3.8) is 0 Å². The van der Waals surface area contributed by atoms with Crippen LogP contribution in [-0.2, 0) is 14.4 Å². The van der Waals surface area contributed by atoms with Gasteiger partial charge in [0.25, 0.3) is 5.91 Å². The normalized spacial score (nSPS) is 36.4. The van der Waals surface area contributed by atoms with E-state index in [1.807, 2.05) is 11.8 Å². The number of ether oxygens (including phenoxy) is 1. The van der Waals surface area contributed by atoms with Gasteiger partial charge in [0.05, 0.1) is 24.8 Å². The molecule has 3 aliphatic rings. The maximum Gasteiger partial charge on any atom is 0.270 e. The fourth-order valence-electron chi connectivity index (χ4n) is 3.18. The molecular weight excluding hydrogens is 220 g/mol. The van der Waals surface area contributed by atoms with Crippen molar-refractivity contribution in [1.29, 1.82) is 0 Å². The Balaban J connectivity index is 1.81. The van der Waals surface area contributed by atoms with Crippen molar-refractivity contribution < 1.29 is 14.4 Å². The summed E-state index contributed by atoms with van der Waals surface area (Å²) in [7, 11) is 0. The van der Waals surface area contributed by atoms with E-state index >= 15 is 0 Å². The fourth-order valence-corrected chi connectivity index (χ4v) is 3.18. The number of carbonyl (C=O) groups excluding carboxylic acids is 1. The quantitative estimate of drug-likeness (QED) is 0.678. The second-order valence-corrected chi connectivity index (χ2v) is 5.06. The second kappa shape index (κ2) is 3.98. The molecule has 2 heterocycles. The first kappa shape index (κ1) is 11.0. The third-order valence-electron chi connectivity index (χ3n) is 4.12. The molecule has 5 heteroatoms. The summed E-state index contributed by atoms with van der Waals surface area (Å²) in [5, 5.41) is 4.05. The van der Waals surface area contributed by atoms with Crippen LogP contribution in [0.1, 0.15) is 26.2 Å². The van der Waals surface area contributed by atoms with Crippen molar-refractivity contribution in [2.45, 2.75) is 31.8 Å². The summed E-state index contributed by atoms with van der Waals surface area (Å²) in [4.78, 5) is 20.0. The molecule has 1 saturated heterocycles. The number of fused-ring (bicyclic) bond motifs is 1. The predicted octanol–water partition coefficient (Wildman–Crippen LogP) is 0.790. The van der Waals surface area contributed by atoms with Crippen LogP contribution < -0.4 is 0 Å². The molecule has 1 aliphatic carbocycles. The molecular formula is C12H18N2O3. The van der Waals surface area contributed by atoms with Crippen molar-refractivity contribution in [1.82, 2.24) is 4.90 Å². The highest BCUT2D eigenvalue weighted by Gasteiger charge is 2.57. The van der Waals surface area contributed by atoms with Crippen LogP contribution in [0.5, 0.6) is 0 Å². The van der Waals surface area contributed by atoms with Gasteiger partial charge in [0.15, 0.2) is 0 Å². The molecule has 0 aromatic rings. The Hall–Kier alpha value is -1.10. The van der Waals surface area contributed by atoms with E-state index in [4.69, 9.17) is 9.57 Å². The third-order valence-corrected chi connectivity index (χ3v) is 4.12. The number of amides is 1. The van der Waals surface area contributed by atoms with Crippen LogP contribution in [0.25, 0.3) is 0 Å². The summed E-state index contributed by atoms with van der Waals surface area (Å²) < 4.78 is 5.28. The highest BCUT2D eigenvalue weighted by molar-refractivity contribution is 5.97. The van der Waals surface area contributed by atoms with E-state index in [-0.39, 0.29) is 11.8 Å². The number of rotatable bonds is 1. The lowest BCUT2D eigenvalue weighted by Crippen LogP contribution is -2.54. The van der Waals surface area contributed by atoms with Crippen molar-refractivity contribution >= 4 is 11.6 Å². The van der Waals surface area contributed by atoms with Crippen LogP contribution >= 0.6 is 0 Å². The average Bonchev–Trinajstić information content (AvgIpc) is 2.92. The van der Waals surface area contributed by atoms with Gasteiger partial charge in [0.1, 0.15) is 0 Å². The van der Waals surface area contributed by atoms with E-state index in [0.29, 0.717) is 26.3 Å². The Bertz CT molecular complexity index is 363. The van der Waals surface area contributed by atoms with Gasteiger partial charge in [-0.25, -0.2) is 0 Å². The molecule has 0 aromatic heterocycles. The Morgan fingerprint density at radius 1 is 1.47 bits per heavy atom. The number of hydrogen-bond donors (Lipinski definition) is 0. The third kappa shape index (κ3) is 1.56. The molecule has 0 spiro atoms. The molecule has 2 aliphatic heterocycles. The Morgan fingerprint density at radius 2 is 2.24 bits per heavy atom. The summed E-state index contributed by atoms with van der Waals surface area (Å²) in [6.07, 6.45) is 2.87. The van der Waals surface area contributed by atoms with Crippen LogP contribution in [0.4, 0.5) is 0 Å². The van der Waals surface area contributed by atoms with Crippen LogP contribution in [0.3, 0.4) is 0 Å². The highest BCUT2D eigenvalue weighted by atomic mass is 16.7. The molecule has 3 rings (SSSR count). The molecule has 1 amide bonds. The van der Waals surface area contributed by atoms with Gasteiger partial charge < -0.3 is 14.5 Å². The fraction of sp³-hybridized carbons (Fsp3) is 0.833. The van der Waals surface area contributed by atoms with E-state index in [9.17, 15) is 4.79 Å². The van der Waals surface area contributed by atoms with Gasteiger partial charge in [0.2, 0.25) is 5.60 Å². The molecule has 17 heavy (non-hydrogen) atoms. The number of morpholine rings is 1. The van der Waals surface area contributed by atoms with Crippen molar-refractivity contribution in [3.8, 4) is 0 Å². The predicted molar refractivity (Wildman–Crippen MR) is 61.7 cm³/mol. The van der Waals surface area contributed by atoms with Crippen molar-refractivity contribution in [2.24, 2.45) is 11.1 Å². The average molecular weight is 238 g/mol. The van der Waals surface area contributed by atoms with Gasteiger partial charge >= 0.3 is 0 Å². The zero-order chi connectivity index (χ0) is 11.9. The number of oxime groups is 1. The first-order valence-corrected chi connectivity index (χ1v) is 6.34. The minimum absolute atomic E-state index is 0.115. The molecule has 1 saturated carbocycles. The van der Waals surface area contributed by atoms with E-state index in [2.05, 4.69) is 5.16 Å². The highest BCUT2D eigenvalue weighted by Crippen LogP contribution is 2.45. The zero-order valence-electron chi connectivity index (χ0n) is 10.1. The summed E-state index contributed by atoms with van der Waals surface area (Å²) in [6, 6.07) is 0. The largest absolute Gasteiger partial charge is 0.378 e. The molecule has 0 radical (unpaired) electrons. The van der Waals surface area contributed by atoms with Gasteiger partial charge in [-0.2, -0.15) is 0 Å². The molecule has 2 fully saturated rings. The first-order valence-electron chi connectivity index (χ1n) is 6.34. The zero-order valence-corrected chi connectivity index (χ0v) is 10.1. The lowest BCUT2D eigenvalue weighted by molar-refractivity contribution is -0.161. The molecule has 94 valence electrons. The smallest absolute Gasteiger partial charge is 0.270 e. The Kier molecular flexibility index (Phi) is 2.58. The monoisotopic (exact) mass is 238 g/mol. The molecule has 0 aromatic carbocycles. The SMILES string of the molecule is CC1=NOC2(C(=O)N3CCOCC3)CCCC12. The summed E-state index contributed by atoms with van der Waals surface area (Å²) in [6.45, 7) is 4.58. The molecule has 0 bridgehead atoms. The molecule has 0 N–H and O–H groups in total. The summed E-state index contributed by atoms with van der Waals surface area (Å²) >= 11 is 0.